The normalized spacial score (nSPS) is 25.9. The Morgan fingerprint density at radius 1 is 0.941 bits per heavy atom. The lowest BCUT2D eigenvalue weighted by atomic mass is 9.82. The summed E-state index contributed by atoms with van der Waals surface area (Å²) in [5.41, 5.74) is 3.06. The number of nitrogens with two attached hydrogens (primary N) is 1. The van der Waals surface area contributed by atoms with Crippen LogP contribution in [0.5, 0.6) is 0 Å². The molecule has 2 rings (SSSR count). The maximum atomic E-state index is 5.73. The fraction of sp³-hybridized carbons (Fsp3) is 1.00. The molecule has 0 aromatic heterocycles. The average molecular weight is 240 g/mol. The third-order valence-electron chi connectivity index (χ3n) is 4.54. The summed E-state index contributed by atoms with van der Waals surface area (Å²) in [5, 5.41) is 0. The first kappa shape index (κ1) is 13.3. The van der Waals surface area contributed by atoms with Crippen molar-refractivity contribution in [2.24, 2.45) is 17.7 Å². The van der Waals surface area contributed by atoms with E-state index in [1.54, 1.807) is 0 Å². The smallest absolute Gasteiger partial charge is 0.0468 e. The Labute approximate surface area is 105 Å². The van der Waals surface area contributed by atoms with Crippen LogP contribution in [0.25, 0.3) is 0 Å². The summed E-state index contributed by atoms with van der Waals surface area (Å²) in [6.45, 7) is 1.90. The third-order valence-corrected chi connectivity index (χ3v) is 4.54. The van der Waals surface area contributed by atoms with Gasteiger partial charge in [-0.25, -0.2) is 0 Å². The van der Waals surface area contributed by atoms with E-state index in [9.17, 15) is 0 Å². The van der Waals surface area contributed by atoms with Gasteiger partial charge in [0.15, 0.2) is 0 Å². The summed E-state index contributed by atoms with van der Waals surface area (Å²) in [6.07, 6.45) is 12.1. The summed E-state index contributed by atoms with van der Waals surface area (Å²) in [5.74, 6) is 7.47. The molecule has 2 fully saturated rings. The Bertz CT molecular complexity index is 178. The van der Waals surface area contributed by atoms with Gasteiger partial charge in [-0.1, -0.05) is 32.1 Å². The first-order chi connectivity index (χ1) is 8.38. The Morgan fingerprint density at radius 3 is 2.12 bits per heavy atom. The Hall–Kier alpha value is -0.120. The number of hydrazine groups is 1. The van der Waals surface area contributed by atoms with Gasteiger partial charge in [-0.15, -0.1) is 0 Å². The fourth-order valence-corrected chi connectivity index (χ4v) is 3.44. The molecule has 3 N–H and O–H groups in total. The van der Waals surface area contributed by atoms with Gasteiger partial charge in [-0.05, 0) is 37.5 Å². The van der Waals surface area contributed by atoms with Crippen LogP contribution >= 0.6 is 0 Å². The minimum atomic E-state index is 0.529. The predicted molar refractivity (Wildman–Crippen MR) is 70.5 cm³/mol. The lowest BCUT2D eigenvalue weighted by molar-refractivity contribution is 0.0592. The molecule has 1 aliphatic heterocycles. The lowest BCUT2D eigenvalue weighted by Crippen LogP contribution is -2.39. The number of ether oxygens (including phenoxy) is 1. The summed E-state index contributed by atoms with van der Waals surface area (Å²) in [6, 6.07) is 0.529. The lowest BCUT2D eigenvalue weighted by Gasteiger charge is -2.30. The highest BCUT2D eigenvalue weighted by Gasteiger charge is 2.22. The van der Waals surface area contributed by atoms with Crippen molar-refractivity contribution < 1.29 is 4.74 Å². The van der Waals surface area contributed by atoms with Crippen LogP contribution in [-0.2, 0) is 4.74 Å². The summed E-state index contributed by atoms with van der Waals surface area (Å²) in [4.78, 5) is 0. The maximum Gasteiger partial charge on any atom is 0.0468 e. The van der Waals surface area contributed by atoms with Gasteiger partial charge in [0.05, 0.1) is 0 Å². The second-order valence-electron chi connectivity index (χ2n) is 5.89. The molecule has 100 valence electrons. The van der Waals surface area contributed by atoms with E-state index < -0.39 is 0 Å². The van der Waals surface area contributed by atoms with Crippen LogP contribution in [0.2, 0.25) is 0 Å². The molecule has 1 aliphatic carbocycles. The molecule has 3 heteroatoms. The van der Waals surface area contributed by atoms with Gasteiger partial charge in [-0.2, -0.15) is 0 Å². The quantitative estimate of drug-likeness (QED) is 0.573. The molecule has 0 aromatic carbocycles. The number of hydrogen-bond donors (Lipinski definition) is 2. The number of nitrogens with one attached hydrogen (secondary N) is 1. The highest BCUT2D eigenvalue weighted by molar-refractivity contribution is 4.77. The van der Waals surface area contributed by atoms with Crippen molar-refractivity contribution in [2.45, 2.75) is 63.8 Å². The monoisotopic (exact) mass is 240 g/mol. The van der Waals surface area contributed by atoms with Crippen molar-refractivity contribution in [3.8, 4) is 0 Å². The molecule has 0 spiro atoms. The molecule has 0 radical (unpaired) electrons. The molecule has 2 aliphatic rings. The van der Waals surface area contributed by atoms with E-state index in [-0.39, 0.29) is 0 Å². The topological polar surface area (TPSA) is 47.3 Å². The van der Waals surface area contributed by atoms with Gasteiger partial charge in [0.1, 0.15) is 0 Å². The van der Waals surface area contributed by atoms with Gasteiger partial charge in [0, 0.05) is 19.3 Å². The van der Waals surface area contributed by atoms with E-state index in [2.05, 4.69) is 5.43 Å². The summed E-state index contributed by atoms with van der Waals surface area (Å²) in [7, 11) is 0. The maximum absolute atomic E-state index is 5.73. The Balaban J connectivity index is 1.71. The van der Waals surface area contributed by atoms with Crippen LogP contribution in [0.15, 0.2) is 0 Å². The second-order valence-corrected chi connectivity index (χ2v) is 5.89. The minimum absolute atomic E-state index is 0.529. The fourth-order valence-electron chi connectivity index (χ4n) is 3.44. The summed E-state index contributed by atoms with van der Waals surface area (Å²) >= 11 is 0. The molecular weight excluding hydrogens is 212 g/mol. The molecule has 17 heavy (non-hydrogen) atoms. The van der Waals surface area contributed by atoms with E-state index in [1.165, 1.54) is 57.8 Å². The van der Waals surface area contributed by atoms with Crippen LogP contribution in [-0.4, -0.2) is 19.3 Å². The van der Waals surface area contributed by atoms with E-state index >= 15 is 0 Å². The van der Waals surface area contributed by atoms with Crippen molar-refractivity contribution >= 4 is 0 Å². The first-order valence-corrected chi connectivity index (χ1v) is 7.42. The highest BCUT2D eigenvalue weighted by Crippen LogP contribution is 2.29. The number of rotatable bonds is 5. The van der Waals surface area contributed by atoms with E-state index in [1.807, 2.05) is 0 Å². The van der Waals surface area contributed by atoms with Crippen molar-refractivity contribution in [1.82, 2.24) is 5.43 Å². The Kier molecular flexibility index (Phi) is 5.75. The largest absolute Gasteiger partial charge is 0.381 e. The molecule has 1 heterocycles. The van der Waals surface area contributed by atoms with Crippen LogP contribution in [0.3, 0.4) is 0 Å². The average Bonchev–Trinajstić information content (AvgIpc) is 2.40. The zero-order valence-corrected chi connectivity index (χ0v) is 11.0. The molecule has 1 unspecified atom stereocenters. The molecular formula is C14H28N2O. The number of hydrogen-bond acceptors (Lipinski definition) is 3. The van der Waals surface area contributed by atoms with Crippen molar-refractivity contribution in [1.29, 1.82) is 0 Å². The van der Waals surface area contributed by atoms with Gasteiger partial charge < -0.3 is 4.74 Å². The SMILES string of the molecule is NNC(CC1CCCCC1)CC1CCOCC1. The standard InChI is InChI=1S/C14H28N2O/c15-16-14(10-12-4-2-1-3-5-12)11-13-6-8-17-9-7-13/h12-14,16H,1-11,15H2. The van der Waals surface area contributed by atoms with Crippen LogP contribution in [0.4, 0.5) is 0 Å². The third kappa shape index (κ3) is 4.57. The molecule has 1 saturated heterocycles. The first-order valence-electron chi connectivity index (χ1n) is 7.42. The molecule has 0 amide bonds. The predicted octanol–water partition coefficient (Wildman–Crippen LogP) is 2.61. The zero-order chi connectivity index (χ0) is 11.9. The molecule has 1 saturated carbocycles. The van der Waals surface area contributed by atoms with Gasteiger partial charge in [0.2, 0.25) is 0 Å². The van der Waals surface area contributed by atoms with Crippen molar-refractivity contribution in [2.75, 3.05) is 13.2 Å². The molecule has 1 atom stereocenters. The van der Waals surface area contributed by atoms with E-state index in [0.29, 0.717) is 6.04 Å². The van der Waals surface area contributed by atoms with Crippen LogP contribution in [0.1, 0.15) is 57.8 Å². The molecule has 3 nitrogen and oxygen atoms in total. The van der Waals surface area contributed by atoms with Gasteiger partial charge in [0.25, 0.3) is 0 Å². The second kappa shape index (κ2) is 7.34. The summed E-state index contributed by atoms with van der Waals surface area (Å²) < 4.78 is 5.41. The highest BCUT2D eigenvalue weighted by atomic mass is 16.5. The van der Waals surface area contributed by atoms with Gasteiger partial charge >= 0.3 is 0 Å². The van der Waals surface area contributed by atoms with Crippen LogP contribution in [0, 0.1) is 11.8 Å². The van der Waals surface area contributed by atoms with Gasteiger partial charge in [-0.3, -0.25) is 11.3 Å². The molecule has 0 aromatic rings. The minimum Gasteiger partial charge on any atom is -0.381 e. The Morgan fingerprint density at radius 2 is 1.53 bits per heavy atom. The van der Waals surface area contributed by atoms with Crippen LogP contribution < -0.4 is 11.3 Å². The zero-order valence-electron chi connectivity index (χ0n) is 11.0. The van der Waals surface area contributed by atoms with E-state index in [4.69, 9.17) is 10.6 Å². The van der Waals surface area contributed by atoms with Crippen molar-refractivity contribution in [3.05, 3.63) is 0 Å². The van der Waals surface area contributed by atoms with Crippen molar-refractivity contribution in [3.63, 3.8) is 0 Å². The molecule has 0 bridgehead atoms. The van der Waals surface area contributed by atoms with E-state index in [0.717, 1.165) is 25.0 Å².